The number of aliphatic carboxylic acids is 1. The predicted octanol–water partition coefficient (Wildman–Crippen LogP) is 0.758. The van der Waals surface area contributed by atoms with Crippen LogP contribution in [0.5, 0.6) is 5.75 Å². The lowest BCUT2D eigenvalue weighted by Crippen LogP contribution is -2.36. The lowest BCUT2D eigenvalue weighted by atomic mass is 10.0. The van der Waals surface area contributed by atoms with Crippen LogP contribution in [0.25, 0.3) is 0 Å². The van der Waals surface area contributed by atoms with Gasteiger partial charge in [-0.25, -0.2) is 0 Å². The minimum Gasteiger partial charge on any atom is -0.492 e. The van der Waals surface area contributed by atoms with Gasteiger partial charge in [0.2, 0.25) is 0 Å². The van der Waals surface area contributed by atoms with Gasteiger partial charge in [-0.05, 0) is 17.5 Å². The number of hydrogen-bond acceptors (Lipinski definition) is 4. The number of nitrogens with one attached hydrogen (secondary N) is 1. The maximum absolute atomic E-state index is 12.8. The number of rotatable bonds is 3. The van der Waals surface area contributed by atoms with Crippen LogP contribution in [-0.2, 0) is 11.2 Å². The molecule has 118 valence electrons. The largest absolute Gasteiger partial charge is 0.492 e. The first-order valence-electron chi connectivity index (χ1n) is 7.61. The molecule has 2 heterocycles. The van der Waals surface area contributed by atoms with E-state index < -0.39 is 5.97 Å². The summed E-state index contributed by atoms with van der Waals surface area (Å²) in [6.45, 7) is 2.96. The van der Waals surface area contributed by atoms with Crippen molar-refractivity contribution in [3.8, 4) is 5.75 Å². The molecular weight excluding hydrogens is 284 g/mol. The topological polar surface area (TPSA) is 78.9 Å². The number of carbonyl (C=O) groups is 2. The Kier molecular flexibility index (Phi) is 4.29. The first-order chi connectivity index (χ1) is 10.6. The van der Waals surface area contributed by atoms with Crippen molar-refractivity contribution in [3.05, 3.63) is 29.3 Å². The third kappa shape index (κ3) is 3.06. The van der Waals surface area contributed by atoms with Gasteiger partial charge in [0, 0.05) is 32.6 Å². The lowest BCUT2D eigenvalue weighted by Gasteiger charge is -2.24. The molecule has 2 aliphatic rings. The van der Waals surface area contributed by atoms with E-state index in [1.165, 1.54) is 0 Å². The van der Waals surface area contributed by atoms with E-state index in [4.69, 9.17) is 9.84 Å². The second-order valence-electron chi connectivity index (χ2n) is 5.81. The average Bonchev–Trinajstić information content (AvgIpc) is 2.86. The van der Waals surface area contributed by atoms with E-state index in [1.807, 2.05) is 12.1 Å². The molecule has 2 aliphatic heterocycles. The third-order valence-electron chi connectivity index (χ3n) is 4.17. The molecule has 22 heavy (non-hydrogen) atoms. The summed E-state index contributed by atoms with van der Waals surface area (Å²) in [6.07, 6.45) is 0.903. The van der Waals surface area contributed by atoms with E-state index in [-0.39, 0.29) is 18.2 Å². The SMILES string of the molecule is O=C(O)CC1CNCCN(C(=O)c2cccc3c2OCC3)C1. The quantitative estimate of drug-likeness (QED) is 0.862. The minimum atomic E-state index is -0.829. The van der Waals surface area contributed by atoms with Gasteiger partial charge in [-0.15, -0.1) is 0 Å². The van der Waals surface area contributed by atoms with E-state index in [0.29, 0.717) is 44.1 Å². The zero-order valence-corrected chi connectivity index (χ0v) is 12.4. The zero-order chi connectivity index (χ0) is 15.5. The van der Waals surface area contributed by atoms with Gasteiger partial charge in [0.15, 0.2) is 0 Å². The van der Waals surface area contributed by atoms with Crippen molar-refractivity contribution in [2.24, 2.45) is 5.92 Å². The van der Waals surface area contributed by atoms with Crippen LogP contribution in [0.3, 0.4) is 0 Å². The Bertz CT molecular complexity index is 588. The smallest absolute Gasteiger partial charge is 0.303 e. The number of carbonyl (C=O) groups excluding carboxylic acids is 1. The van der Waals surface area contributed by atoms with Gasteiger partial charge < -0.3 is 20.1 Å². The second-order valence-corrected chi connectivity index (χ2v) is 5.81. The predicted molar refractivity (Wildman–Crippen MR) is 80.2 cm³/mol. The average molecular weight is 304 g/mol. The molecule has 1 aromatic carbocycles. The van der Waals surface area contributed by atoms with E-state index >= 15 is 0 Å². The fraction of sp³-hybridized carbons (Fsp3) is 0.500. The molecule has 1 saturated heterocycles. The number of para-hydroxylation sites is 1. The van der Waals surface area contributed by atoms with Crippen molar-refractivity contribution < 1.29 is 19.4 Å². The highest BCUT2D eigenvalue weighted by atomic mass is 16.5. The summed E-state index contributed by atoms with van der Waals surface area (Å²) in [6, 6.07) is 5.65. The van der Waals surface area contributed by atoms with Crippen molar-refractivity contribution in [2.45, 2.75) is 12.8 Å². The molecule has 0 aliphatic carbocycles. The van der Waals surface area contributed by atoms with Crippen molar-refractivity contribution >= 4 is 11.9 Å². The van der Waals surface area contributed by atoms with Gasteiger partial charge in [0.05, 0.1) is 18.6 Å². The third-order valence-corrected chi connectivity index (χ3v) is 4.17. The first kappa shape index (κ1) is 14.8. The number of nitrogens with zero attached hydrogens (tertiary/aromatic N) is 1. The molecule has 1 amide bonds. The van der Waals surface area contributed by atoms with Gasteiger partial charge in [-0.2, -0.15) is 0 Å². The van der Waals surface area contributed by atoms with E-state index in [9.17, 15) is 9.59 Å². The Balaban J connectivity index is 1.79. The molecule has 1 aromatic rings. The van der Waals surface area contributed by atoms with Crippen molar-refractivity contribution in [2.75, 3.05) is 32.8 Å². The van der Waals surface area contributed by atoms with Crippen LogP contribution >= 0.6 is 0 Å². The van der Waals surface area contributed by atoms with Gasteiger partial charge in [0.1, 0.15) is 5.75 Å². The van der Waals surface area contributed by atoms with E-state index in [2.05, 4.69) is 5.32 Å². The summed E-state index contributed by atoms with van der Waals surface area (Å²) in [5, 5.41) is 12.2. The molecule has 6 heteroatoms. The molecule has 3 rings (SSSR count). The Morgan fingerprint density at radius 3 is 3.09 bits per heavy atom. The minimum absolute atomic E-state index is 0.0679. The summed E-state index contributed by atoms with van der Waals surface area (Å²) in [5.74, 6) is -0.274. The van der Waals surface area contributed by atoms with Crippen molar-refractivity contribution in [1.82, 2.24) is 10.2 Å². The van der Waals surface area contributed by atoms with Crippen LogP contribution in [0.1, 0.15) is 22.3 Å². The molecule has 2 N–H and O–H groups in total. The number of fused-ring (bicyclic) bond motifs is 1. The summed E-state index contributed by atoms with van der Waals surface area (Å²) >= 11 is 0. The number of carboxylic acid groups (broad SMARTS) is 1. The number of hydrogen-bond donors (Lipinski definition) is 2. The van der Waals surface area contributed by atoms with Crippen LogP contribution in [0, 0.1) is 5.92 Å². The van der Waals surface area contributed by atoms with Gasteiger partial charge in [-0.1, -0.05) is 12.1 Å². The van der Waals surface area contributed by atoms with Crippen LogP contribution < -0.4 is 10.1 Å². The highest BCUT2D eigenvalue weighted by Crippen LogP contribution is 2.30. The molecule has 0 spiro atoms. The first-order valence-corrected chi connectivity index (χ1v) is 7.61. The van der Waals surface area contributed by atoms with Crippen LogP contribution in [0.2, 0.25) is 0 Å². The summed E-state index contributed by atoms with van der Waals surface area (Å²) in [7, 11) is 0. The van der Waals surface area contributed by atoms with Crippen LogP contribution in [-0.4, -0.2) is 54.7 Å². The molecule has 1 fully saturated rings. The van der Waals surface area contributed by atoms with Gasteiger partial charge >= 0.3 is 5.97 Å². The van der Waals surface area contributed by atoms with Crippen molar-refractivity contribution in [1.29, 1.82) is 0 Å². The highest BCUT2D eigenvalue weighted by molar-refractivity contribution is 5.97. The second kappa shape index (κ2) is 6.36. The number of carboxylic acids is 1. The van der Waals surface area contributed by atoms with Crippen LogP contribution in [0.15, 0.2) is 18.2 Å². The highest BCUT2D eigenvalue weighted by Gasteiger charge is 2.28. The molecule has 0 aromatic heterocycles. The molecule has 1 atom stereocenters. The Morgan fingerprint density at radius 1 is 1.41 bits per heavy atom. The zero-order valence-electron chi connectivity index (χ0n) is 12.4. The maximum atomic E-state index is 12.8. The van der Waals surface area contributed by atoms with E-state index in [1.54, 1.807) is 11.0 Å². The summed E-state index contributed by atoms with van der Waals surface area (Å²) < 4.78 is 5.61. The maximum Gasteiger partial charge on any atom is 0.303 e. The molecular formula is C16H20N2O4. The normalized spacial score (nSPS) is 20.9. The Morgan fingerprint density at radius 2 is 2.27 bits per heavy atom. The number of amides is 1. The van der Waals surface area contributed by atoms with E-state index in [0.717, 1.165) is 12.0 Å². The van der Waals surface area contributed by atoms with Gasteiger partial charge in [-0.3, -0.25) is 9.59 Å². The molecule has 1 unspecified atom stereocenters. The van der Waals surface area contributed by atoms with Gasteiger partial charge in [0.25, 0.3) is 5.91 Å². The standard InChI is InChI=1S/C16H20N2O4/c19-14(20)8-11-9-17-5-6-18(10-11)16(21)13-3-1-2-12-4-7-22-15(12)13/h1-3,11,17H,4-10H2,(H,19,20). The Hall–Kier alpha value is -2.08. The van der Waals surface area contributed by atoms with Crippen LogP contribution in [0.4, 0.5) is 0 Å². The molecule has 0 saturated carbocycles. The lowest BCUT2D eigenvalue weighted by molar-refractivity contribution is -0.138. The fourth-order valence-corrected chi connectivity index (χ4v) is 3.11. The molecule has 0 bridgehead atoms. The monoisotopic (exact) mass is 304 g/mol. The number of ether oxygens (including phenoxy) is 1. The number of benzene rings is 1. The summed E-state index contributed by atoms with van der Waals surface area (Å²) in [5.41, 5.74) is 1.66. The van der Waals surface area contributed by atoms with Crippen molar-refractivity contribution in [3.63, 3.8) is 0 Å². The molecule has 6 nitrogen and oxygen atoms in total. The molecule has 0 radical (unpaired) electrons. The fourth-order valence-electron chi connectivity index (χ4n) is 3.11. The Labute approximate surface area is 129 Å². The summed E-state index contributed by atoms with van der Waals surface area (Å²) in [4.78, 5) is 25.5.